The lowest BCUT2D eigenvalue weighted by molar-refractivity contribution is 0.590. The second-order valence-corrected chi connectivity index (χ2v) is 23.4. The van der Waals surface area contributed by atoms with Crippen molar-refractivity contribution in [3.05, 3.63) is 299 Å². The molecule has 0 spiro atoms. The fourth-order valence-electron chi connectivity index (χ4n) is 11.7. The van der Waals surface area contributed by atoms with E-state index in [-0.39, 0.29) is 10.8 Å². The van der Waals surface area contributed by atoms with E-state index in [2.05, 4.69) is 308 Å². The summed E-state index contributed by atoms with van der Waals surface area (Å²) < 4.78 is 0. The van der Waals surface area contributed by atoms with Gasteiger partial charge in [-0.3, -0.25) is 0 Å². The lowest BCUT2D eigenvalue weighted by Gasteiger charge is -2.19. The van der Waals surface area contributed by atoms with E-state index in [9.17, 15) is 0 Å². The largest absolute Gasteiger partial charge is 0.0622 e. The summed E-state index contributed by atoms with van der Waals surface area (Å²) in [5.41, 5.74) is 32.2. The van der Waals surface area contributed by atoms with Crippen molar-refractivity contribution in [2.24, 2.45) is 0 Å². The van der Waals surface area contributed by atoms with E-state index < -0.39 is 0 Å². The maximum absolute atomic E-state index is 2.51. The molecule has 78 heavy (non-hydrogen) atoms. The predicted molar refractivity (Wildman–Crippen MR) is 334 cm³/mol. The molecule has 0 radical (unpaired) electrons. The molecule has 2 aliphatic carbocycles. The second kappa shape index (κ2) is 19.5. The van der Waals surface area contributed by atoms with Gasteiger partial charge >= 0.3 is 0 Å². The van der Waals surface area contributed by atoms with Crippen LogP contribution in [0.2, 0.25) is 0 Å². The van der Waals surface area contributed by atoms with Gasteiger partial charge in [-0.2, -0.15) is 0 Å². The molecular weight excluding hydrogens is 937 g/mol. The summed E-state index contributed by atoms with van der Waals surface area (Å²) in [7, 11) is 0. The van der Waals surface area contributed by atoms with Crippen molar-refractivity contribution in [3.63, 3.8) is 0 Å². The van der Waals surface area contributed by atoms with Gasteiger partial charge in [0.2, 0.25) is 0 Å². The van der Waals surface area contributed by atoms with Crippen LogP contribution in [0.15, 0.2) is 255 Å². The maximum atomic E-state index is 2.51. The van der Waals surface area contributed by atoms with Crippen molar-refractivity contribution in [3.8, 4) is 89.0 Å². The highest BCUT2D eigenvalue weighted by Gasteiger charge is 2.32. The van der Waals surface area contributed by atoms with Crippen molar-refractivity contribution in [1.82, 2.24) is 0 Å². The van der Waals surface area contributed by atoms with Crippen LogP contribution in [0.5, 0.6) is 0 Å². The van der Waals surface area contributed by atoms with Crippen LogP contribution in [-0.4, -0.2) is 0 Å². The molecular formula is C78H62. The molecule has 0 amide bonds. The van der Waals surface area contributed by atoms with Gasteiger partial charge in [-0.15, -0.1) is 0 Å². The molecule has 0 aliphatic heterocycles. The Morgan fingerprint density at radius 3 is 0.756 bits per heavy atom. The zero-order valence-electron chi connectivity index (χ0n) is 45.4. The average molecular weight is 999 g/mol. The van der Waals surface area contributed by atoms with Crippen LogP contribution < -0.4 is 0 Å². The van der Waals surface area contributed by atoms with Gasteiger partial charge in [0.15, 0.2) is 0 Å². The van der Waals surface area contributed by atoms with E-state index in [1.165, 1.54) is 145 Å². The first-order chi connectivity index (χ1) is 37.9. The first-order valence-corrected chi connectivity index (χ1v) is 27.5. The monoisotopic (exact) mass is 998 g/mol. The molecule has 0 aromatic heterocycles. The standard InChI is InChI=1S/C78H62/c1-77(2,3)65-33-27-51(28-34-65)39-69-71-47-57(63-43-59(53-19-11-7-12-20-53)41-60(44-63)54-21-13-8-14-22-54)31-37-67(71)73-50-76-70(40-52-29-35-66(36-30-52)78(4,5)6)72-48-58(32-38-68(72)74(76)49-75(69)73)64-45-61(55-23-15-9-16-24-55)42-62(46-64)56-25-17-10-18-26-56/h7-50H,1-6H3/b69-39-,70-40-. The van der Waals surface area contributed by atoms with Crippen LogP contribution in [-0.2, 0) is 10.8 Å². The molecule has 0 atom stereocenters. The number of benzene rings is 11. The Hall–Kier alpha value is -9.10. The Kier molecular flexibility index (Phi) is 12.1. The Bertz CT molecular complexity index is 3730. The molecule has 0 heterocycles. The third-order valence-electron chi connectivity index (χ3n) is 16.1. The van der Waals surface area contributed by atoms with E-state index >= 15 is 0 Å². The van der Waals surface area contributed by atoms with Gasteiger partial charge in [0.25, 0.3) is 0 Å². The zero-order chi connectivity index (χ0) is 53.1. The lowest BCUT2D eigenvalue weighted by atomic mass is 9.86. The van der Waals surface area contributed by atoms with Crippen LogP contribution in [0.4, 0.5) is 0 Å². The average Bonchev–Trinajstić information content (AvgIpc) is 4.13. The highest BCUT2D eigenvalue weighted by molar-refractivity contribution is 6.14. The van der Waals surface area contributed by atoms with E-state index in [1.54, 1.807) is 0 Å². The van der Waals surface area contributed by atoms with Crippen LogP contribution >= 0.6 is 0 Å². The molecule has 374 valence electrons. The number of rotatable bonds is 8. The van der Waals surface area contributed by atoms with Crippen molar-refractivity contribution in [2.45, 2.75) is 52.4 Å². The number of fused-ring (bicyclic) bond motifs is 6. The number of hydrogen-bond donors (Lipinski definition) is 0. The van der Waals surface area contributed by atoms with Gasteiger partial charge in [-0.05, 0) is 228 Å². The summed E-state index contributed by atoms with van der Waals surface area (Å²) in [6, 6.07) is 95.1. The van der Waals surface area contributed by atoms with Gasteiger partial charge in [-0.25, -0.2) is 0 Å². The Morgan fingerprint density at radius 1 is 0.205 bits per heavy atom. The summed E-state index contributed by atoms with van der Waals surface area (Å²) in [6.45, 7) is 13.7. The van der Waals surface area contributed by atoms with Crippen LogP contribution in [0.25, 0.3) is 112 Å². The van der Waals surface area contributed by atoms with Crippen molar-refractivity contribution < 1.29 is 0 Å². The minimum atomic E-state index is 0.0581. The van der Waals surface area contributed by atoms with Crippen molar-refractivity contribution >= 4 is 23.3 Å². The molecule has 0 bridgehead atoms. The van der Waals surface area contributed by atoms with E-state index in [1.807, 2.05) is 0 Å². The first kappa shape index (κ1) is 48.5. The molecule has 0 heteroatoms. The lowest BCUT2D eigenvalue weighted by Crippen LogP contribution is -2.10. The van der Waals surface area contributed by atoms with E-state index in [0.29, 0.717) is 0 Å². The minimum absolute atomic E-state index is 0.0581. The maximum Gasteiger partial charge on any atom is -0.00921 e. The topological polar surface area (TPSA) is 0 Å². The molecule has 11 aromatic carbocycles. The van der Waals surface area contributed by atoms with Gasteiger partial charge in [0.05, 0.1) is 0 Å². The van der Waals surface area contributed by atoms with Crippen LogP contribution in [0.3, 0.4) is 0 Å². The van der Waals surface area contributed by atoms with Gasteiger partial charge in [-0.1, -0.05) is 236 Å². The summed E-state index contributed by atoms with van der Waals surface area (Å²) in [5, 5.41) is 0. The Labute approximate surface area is 461 Å². The quantitative estimate of drug-likeness (QED) is 0.142. The normalized spacial score (nSPS) is 13.6. The zero-order valence-corrected chi connectivity index (χ0v) is 45.4. The Balaban J connectivity index is 0.997. The third-order valence-corrected chi connectivity index (χ3v) is 16.1. The molecule has 0 unspecified atom stereocenters. The minimum Gasteiger partial charge on any atom is -0.0622 e. The molecule has 0 saturated carbocycles. The van der Waals surface area contributed by atoms with Crippen molar-refractivity contribution in [1.29, 1.82) is 0 Å². The molecule has 0 N–H and O–H groups in total. The first-order valence-electron chi connectivity index (χ1n) is 27.5. The molecule has 0 saturated heterocycles. The summed E-state index contributed by atoms with van der Waals surface area (Å²) in [4.78, 5) is 0. The predicted octanol–water partition coefficient (Wildman–Crippen LogP) is 21.4. The molecule has 2 aliphatic rings. The van der Waals surface area contributed by atoms with Crippen molar-refractivity contribution in [2.75, 3.05) is 0 Å². The highest BCUT2D eigenvalue weighted by atomic mass is 14.3. The third kappa shape index (κ3) is 9.28. The van der Waals surface area contributed by atoms with E-state index in [4.69, 9.17) is 0 Å². The van der Waals surface area contributed by atoms with Crippen LogP contribution in [0.1, 0.15) is 86.1 Å². The molecule has 11 aromatic rings. The summed E-state index contributed by atoms with van der Waals surface area (Å²) in [6.07, 6.45) is 4.86. The SMILES string of the molecule is CC(C)(C)c1ccc(/C=C2/c3cc(-c4cc(-c5ccccc5)cc(-c5ccccc5)c4)ccc3-c3cc4c(cc32)-c2ccc(-c3cc(-c5ccccc5)cc(-c5ccccc5)c3)cc2/C4=C/c2ccc(C(C)(C)C)cc2)cc1. The summed E-state index contributed by atoms with van der Waals surface area (Å²) in [5.74, 6) is 0. The fourth-order valence-corrected chi connectivity index (χ4v) is 11.7. The van der Waals surface area contributed by atoms with Gasteiger partial charge in [0.1, 0.15) is 0 Å². The number of hydrogen-bond acceptors (Lipinski definition) is 0. The van der Waals surface area contributed by atoms with Gasteiger partial charge < -0.3 is 0 Å². The fraction of sp³-hybridized carbons (Fsp3) is 0.103. The van der Waals surface area contributed by atoms with Gasteiger partial charge in [0, 0.05) is 0 Å². The molecule has 0 fully saturated rings. The highest BCUT2D eigenvalue weighted by Crippen LogP contribution is 2.54. The Morgan fingerprint density at radius 2 is 0.474 bits per heavy atom. The second-order valence-electron chi connectivity index (χ2n) is 23.4. The molecule has 0 nitrogen and oxygen atoms in total. The van der Waals surface area contributed by atoms with Crippen LogP contribution in [0, 0.1) is 0 Å². The van der Waals surface area contributed by atoms with E-state index in [0.717, 1.165) is 0 Å². The molecule has 13 rings (SSSR count). The smallest absolute Gasteiger partial charge is 0.00921 e. The summed E-state index contributed by atoms with van der Waals surface area (Å²) >= 11 is 0.